The van der Waals surface area contributed by atoms with E-state index in [-0.39, 0.29) is 18.1 Å². The van der Waals surface area contributed by atoms with Gasteiger partial charge in [0.05, 0.1) is 12.0 Å². The molecule has 18 heavy (non-hydrogen) atoms. The van der Waals surface area contributed by atoms with Gasteiger partial charge in [-0.15, -0.1) is 0 Å². The second-order valence-electron chi connectivity index (χ2n) is 4.85. The number of hydrogen-bond acceptors (Lipinski definition) is 4. The zero-order valence-corrected chi connectivity index (χ0v) is 9.82. The van der Waals surface area contributed by atoms with Crippen LogP contribution in [-0.2, 0) is 11.2 Å². The highest BCUT2D eigenvalue weighted by Gasteiger charge is 2.31. The van der Waals surface area contributed by atoms with E-state index >= 15 is 0 Å². The summed E-state index contributed by atoms with van der Waals surface area (Å²) in [6.07, 6.45) is 4.16. The monoisotopic (exact) mass is 247 g/mol. The second-order valence-corrected chi connectivity index (χ2v) is 4.85. The Morgan fingerprint density at radius 1 is 1.17 bits per heavy atom. The van der Waals surface area contributed by atoms with Gasteiger partial charge in [0, 0.05) is 6.07 Å². The van der Waals surface area contributed by atoms with Crippen molar-refractivity contribution in [2.75, 3.05) is 0 Å². The van der Waals surface area contributed by atoms with Crippen molar-refractivity contribution in [2.45, 2.75) is 38.0 Å². The Hall–Kier alpha value is -1.91. The molecule has 0 saturated heterocycles. The first kappa shape index (κ1) is 11.2. The Bertz CT molecular complexity index is 581. The Morgan fingerprint density at radius 3 is 2.61 bits per heavy atom. The lowest BCUT2D eigenvalue weighted by Gasteiger charge is -2.19. The maximum atomic E-state index is 11.9. The van der Waals surface area contributed by atoms with Crippen LogP contribution in [0.1, 0.15) is 53.3 Å². The number of carbonyl (C=O) groups excluding carboxylic acids is 2. The van der Waals surface area contributed by atoms with Crippen LogP contribution in [0.25, 0.3) is 0 Å². The van der Waals surface area contributed by atoms with Gasteiger partial charge >= 0.3 is 5.63 Å². The number of rotatable bonds is 1. The summed E-state index contributed by atoms with van der Waals surface area (Å²) in [7, 11) is 0. The molecule has 0 spiro atoms. The van der Waals surface area contributed by atoms with Crippen LogP contribution in [0.2, 0.25) is 0 Å². The predicted octanol–water partition coefficient (Wildman–Crippen LogP) is 1.11. The van der Waals surface area contributed by atoms with Gasteiger partial charge in [-0.05, 0) is 24.3 Å². The lowest BCUT2D eigenvalue weighted by molar-refractivity contribution is -0.120. The molecule has 1 saturated carbocycles. The van der Waals surface area contributed by atoms with E-state index in [0.29, 0.717) is 5.56 Å². The molecule has 1 aromatic heterocycles. The highest BCUT2D eigenvalue weighted by molar-refractivity contribution is 6.09. The molecule has 1 aromatic rings. The SMILES string of the molecule is O=C1Cc2oc(=O)cc(C3CCCC3)c2C(=O)N1. The predicted molar refractivity (Wildman–Crippen MR) is 62.4 cm³/mol. The number of fused-ring (bicyclic) bond motifs is 1. The van der Waals surface area contributed by atoms with Crippen LogP contribution < -0.4 is 10.9 Å². The lowest BCUT2D eigenvalue weighted by Crippen LogP contribution is -2.39. The Balaban J connectivity index is 2.16. The first-order valence-corrected chi connectivity index (χ1v) is 6.16. The number of carbonyl (C=O) groups is 2. The van der Waals surface area contributed by atoms with Crippen molar-refractivity contribution in [1.82, 2.24) is 5.32 Å². The molecule has 0 bridgehead atoms. The fourth-order valence-electron chi connectivity index (χ4n) is 2.88. The fourth-order valence-corrected chi connectivity index (χ4v) is 2.88. The number of nitrogens with one attached hydrogen (secondary N) is 1. The first-order valence-electron chi connectivity index (χ1n) is 6.16. The molecule has 0 radical (unpaired) electrons. The third-order valence-corrected chi connectivity index (χ3v) is 3.66. The Labute approximate surface area is 103 Å². The maximum absolute atomic E-state index is 11.9. The van der Waals surface area contributed by atoms with Crippen LogP contribution in [0.4, 0.5) is 0 Å². The first-order chi connectivity index (χ1) is 8.65. The second kappa shape index (κ2) is 4.08. The van der Waals surface area contributed by atoms with E-state index in [2.05, 4.69) is 5.32 Å². The molecule has 2 heterocycles. The van der Waals surface area contributed by atoms with E-state index < -0.39 is 17.4 Å². The molecule has 2 aliphatic rings. The molecule has 0 aromatic carbocycles. The summed E-state index contributed by atoms with van der Waals surface area (Å²) in [5.41, 5.74) is 0.683. The van der Waals surface area contributed by atoms with Gasteiger partial charge in [-0.3, -0.25) is 14.9 Å². The highest BCUT2D eigenvalue weighted by Crippen LogP contribution is 2.36. The average Bonchev–Trinajstić information content (AvgIpc) is 2.79. The molecule has 94 valence electrons. The van der Waals surface area contributed by atoms with Crippen molar-refractivity contribution < 1.29 is 14.0 Å². The normalized spacial score (nSPS) is 19.8. The van der Waals surface area contributed by atoms with Crippen molar-refractivity contribution in [3.8, 4) is 0 Å². The van der Waals surface area contributed by atoms with Crippen LogP contribution in [0.15, 0.2) is 15.3 Å². The molecule has 1 aliphatic heterocycles. The summed E-state index contributed by atoms with van der Waals surface area (Å²) in [4.78, 5) is 34.7. The lowest BCUT2D eigenvalue weighted by atomic mass is 9.91. The van der Waals surface area contributed by atoms with Gasteiger partial charge < -0.3 is 4.42 Å². The molecule has 1 aliphatic carbocycles. The fraction of sp³-hybridized carbons (Fsp3) is 0.462. The smallest absolute Gasteiger partial charge is 0.336 e. The quantitative estimate of drug-likeness (QED) is 0.754. The van der Waals surface area contributed by atoms with Gasteiger partial charge in [-0.2, -0.15) is 0 Å². The molecule has 3 rings (SSSR count). The van der Waals surface area contributed by atoms with E-state index in [1.165, 1.54) is 6.07 Å². The van der Waals surface area contributed by atoms with E-state index in [9.17, 15) is 14.4 Å². The van der Waals surface area contributed by atoms with E-state index in [1.54, 1.807) is 0 Å². The van der Waals surface area contributed by atoms with Crippen molar-refractivity contribution in [3.05, 3.63) is 33.4 Å². The molecule has 1 fully saturated rings. The molecule has 0 unspecified atom stereocenters. The third-order valence-electron chi connectivity index (χ3n) is 3.66. The van der Waals surface area contributed by atoms with Crippen molar-refractivity contribution in [3.63, 3.8) is 0 Å². The van der Waals surface area contributed by atoms with Gasteiger partial charge in [0.15, 0.2) is 0 Å². The minimum atomic E-state index is -0.474. The molecule has 5 nitrogen and oxygen atoms in total. The molecule has 2 amide bonds. The van der Waals surface area contributed by atoms with Crippen LogP contribution >= 0.6 is 0 Å². The summed E-state index contributed by atoms with van der Waals surface area (Å²) >= 11 is 0. The maximum Gasteiger partial charge on any atom is 0.336 e. The van der Waals surface area contributed by atoms with Crippen molar-refractivity contribution in [2.24, 2.45) is 0 Å². The number of hydrogen-bond donors (Lipinski definition) is 1. The highest BCUT2D eigenvalue weighted by atomic mass is 16.4. The van der Waals surface area contributed by atoms with Crippen LogP contribution in [0.5, 0.6) is 0 Å². The zero-order chi connectivity index (χ0) is 12.7. The standard InChI is InChI=1S/C13H13NO4/c15-10-6-9-12(13(17)14-10)8(5-11(16)18-9)7-3-1-2-4-7/h5,7H,1-4,6H2,(H,14,15,17). The van der Waals surface area contributed by atoms with Gasteiger partial charge in [-0.1, -0.05) is 12.8 Å². The van der Waals surface area contributed by atoms with E-state index in [1.807, 2.05) is 0 Å². The summed E-state index contributed by atoms with van der Waals surface area (Å²) in [6, 6.07) is 1.41. The van der Waals surface area contributed by atoms with Gasteiger partial charge in [0.25, 0.3) is 5.91 Å². The van der Waals surface area contributed by atoms with Crippen LogP contribution in [0.3, 0.4) is 0 Å². The van der Waals surface area contributed by atoms with Gasteiger partial charge in [0.2, 0.25) is 5.91 Å². The minimum Gasteiger partial charge on any atom is -0.426 e. The van der Waals surface area contributed by atoms with Gasteiger partial charge in [-0.25, -0.2) is 4.79 Å². The minimum absolute atomic E-state index is 0.0309. The molecule has 0 atom stereocenters. The average molecular weight is 247 g/mol. The Kier molecular flexibility index (Phi) is 2.54. The molecular formula is C13H13NO4. The molecule has 5 heteroatoms. The molecular weight excluding hydrogens is 234 g/mol. The summed E-state index contributed by atoms with van der Waals surface area (Å²) in [6.45, 7) is 0. The summed E-state index contributed by atoms with van der Waals surface area (Å²) in [5, 5.41) is 2.28. The molecule has 1 N–H and O–H groups in total. The van der Waals surface area contributed by atoms with Gasteiger partial charge in [0.1, 0.15) is 5.76 Å². The third kappa shape index (κ3) is 1.75. The van der Waals surface area contributed by atoms with Crippen molar-refractivity contribution >= 4 is 11.8 Å². The van der Waals surface area contributed by atoms with E-state index in [4.69, 9.17) is 4.42 Å². The number of amides is 2. The summed E-state index contributed by atoms with van der Waals surface area (Å²) < 4.78 is 5.00. The Morgan fingerprint density at radius 2 is 1.89 bits per heavy atom. The van der Waals surface area contributed by atoms with Crippen molar-refractivity contribution in [1.29, 1.82) is 0 Å². The topological polar surface area (TPSA) is 76.4 Å². The summed E-state index contributed by atoms with van der Waals surface area (Å²) in [5.74, 6) is -0.397. The zero-order valence-electron chi connectivity index (χ0n) is 9.82. The number of imide groups is 1. The van der Waals surface area contributed by atoms with Crippen LogP contribution in [0, 0.1) is 0 Å². The van der Waals surface area contributed by atoms with E-state index in [0.717, 1.165) is 31.2 Å². The largest absolute Gasteiger partial charge is 0.426 e. The van der Waals surface area contributed by atoms with Crippen LogP contribution in [-0.4, -0.2) is 11.8 Å².